The highest BCUT2D eigenvalue weighted by Gasteiger charge is 2.23. The molecule has 1 amide bonds. The first kappa shape index (κ1) is 17.9. The zero-order valence-corrected chi connectivity index (χ0v) is 15.8. The third-order valence-electron chi connectivity index (χ3n) is 5.42. The number of fused-ring (bicyclic) bond motifs is 1. The summed E-state index contributed by atoms with van der Waals surface area (Å²) in [4.78, 5) is 17.1. The smallest absolute Gasteiger partial charge is 0.231 e. The summed E-state index contributed by atoms with van der Waals surface area (Å²) in [6.45, 7) is 6.71. The van der Waals surface area contributed by atoms with Crippen LogP contribution in [-0.4, -0.2) is 48.7 Å². The largest absolute Gasteiger partial charge is 0.454 e. The topological polar surface area (TPSA) is 42.0 Å². The second kappa shape index (κ2) is 8.01. The van der Waals surface area contributed by atoms with E-state index >= 15 is 0 Å². The monoisotopic (exact) mass is 366 g/mol. The molecule has 0 aliphatic carbocycles. The molecule has 5 heteroatoms. The molecule has 0 spiro atoms. The molecule has 5 nitrogen and oxygen atoms in total. The van der Waals surface area contributed by atoms with E-state index in [1.165, 1.54) is 11.1 Å². The number of hydrogen-bond donors (Lipinski definition) is 0. The molecule has 0 saturated carbocycles. The normalized spacial score (nSPS) is 17.7. The predicted molar refractivity (Wildman–Crippen MR) is 104 cm³/mol. The predicted octanol–water partition coefficient (Wildman–Crippen LogP) is 3.25. The van der Waals surface area contributed by atoms with E-state index in [1.807, 2.05) is 29.2 Å². The van der Waals surface area contributed by atoms with Crippen molar-refractivity contribution in [1.82, 2.24) is 9.80 Å². The molecule has 1 fully saturated rings. The van der Waals surface area contributed by atoms with Gasteiger partial charge < -0.3 is 14.4 Å². The molecule has 2 heterocycles. The first-order chi connectivity index (χ1) is 13.2. The van der Waals surface area contributed by atoms with Crippen LogP contribution in [0.5, 0.6) is 11.5 Å². The molecule has 0 radical (unpaired) electrons. The zero-order chi connectivity index (χ0) is 18.6. The number of amides is 1. The molecule has 27 heavy (non-hydrogen) atoms. The van der Waals surface area contributed by atoms with E-state index in [-0.39, 0.29) is 11.8 Å². The van der Waals surface area contributed by atoms with Crippen LogP contribution in [0.15, 0.2) is 48.5 Å². The zero-order valence-electron chi connectivity index (χ0n) is 15.8. The van der Waals surface area contributed by atoms with Gasteiger partial charge in [0.05, 0.1) is 0 Å². The number of carbonyl (C=O) groups excluding carboxylic acids is 1. The maximum atomic E-state index is 12.7. The Morgan fingerprint density at radius 1 is 1.00 bits per heavy atom. The van der Waals surface area contributed by atoms with Gasteiger partial charge in [0.15, 0.2) is 11.5 Å². The van der Waals surface area contributed by atoms with E-state index in [9.17, 15) is 4.79 Å². The third kappa shape index (κ3) is 4.25. The standard InChI is InChI=1S/C22H26N2O3/c1-17(19-5-3-2-4-6-19)13-22(25)24-11-9-23(10-12-24)15-18-7-8-20-21(14-18)27-16-26-20/h2-8,14,17H,9-13,15-16H2,1H3/t17-/m0/s1. The van der Waals surface area contributed by atoms with Gasteiger partial charge in [-0.25, -0.2) is 0 Å². The quantitative estimate of drug-likeness (QED) is 0.815. The third-order valence-corrected chi connectivity index (χ3v) is 5.42. The first-order valence-corrected chi connectivity index (χ1v) is 9.62. The van der Waals surface area contributed by atoms with Crippen molar-refractivity contribution in [3.8, 4) is 11.5 Å². The van der Waals surface area contributed by atoms with E-state index in [2.05, 4.69) is 36.1 Å². The van der Waals surface area contributed by atoms with Gasteiger partial charge in [-0.05, 0) is 29.2 Å². The van der Waals surface area contributed by atoms with Crippen LogP contribution in [0.25, 0.3) is 0 Å². The lowest BCUT2D eigenvalue weighted by molar-refractivity contribution is -0.133. The van der Waals surface area contributed by atoms with Gasteiger partial charge in [-0.1, -0.05) is 43.3 Å². The van der Waals surface area contributed by atoms with E-state index in [0.29, 0.717) is 13.2 Å². The van der Waals surface area contributed by atoms with Gasteiger partial charge in [0.1, 0.15) is 0 Å². The average Bonchev–Trinajstić information content (AvgIpc) is 3.17. The van der Waals surface area contributed by atoms with Crippen LogP contribution < -0.4 is 9.47 Å². The fraction of sp³-hybridized carbons (Fsp3) is 0.409. The van der Waals surface area contributed by atoms with Gasteiger partial charge in [0.2, 0.25) is 12.7 Å². The van der Waals surface area contributed by atoms with Gasteiger partial charge in [-0.3, -0.25) is 9.69 Å². The summed E-state index contributed by atoms with van der Waals surface area (Å²) in [5.41, 5.74) is 2.45. The Kier molecular flexibility index (Phi) is 5.30. The van der Waals surface area contributed by atoms with Crippen LogP contribution >= 0.6 is 0 Å². The highest BCUT2D eigenvalue weighted by atomic mass is 16.7. The lowest BCUT2D eigenvalue weighted by Crippen LogP contribution is -2.48. The van der Waals surface area contributed by atoms with Crippen molar-refractivity contribution in [2.24, 2.45) is 0 Å². The van der Waals surface area contributed by atoms with Gasteiger partial charge >= 0.3 is 0 Å². The molecule has 4 rings (SSSR count). The molecule has 0 N–H and O–H groups in total. The maximum Gasteiger partial charge on any atom is 0.231 e. The minimum Gasteiger partial charge on any atom is -0.454 e. The summed E-state index contributed by atoms with van der Waals surface area (Å²) in [5, 5.41) is 0. The van der Waals surface area contributed by atoms with E-state index in [1.54, 1.807) is 0 Å². The number of hydrogen-bond acceptors (Lipinski definition) is 4. The fourth-order valence-electron chi connectivity index (χ4n) is 3.74. The number of nitrogens with zero attached hydrogens (tertiary/aromatic N) is 2. The van der Waals surface area contributed by atoms with Crippen molar-refractivity contribution in [2.45, 2.75) is 25.8 Å². The second-order valence-electron chi connectivity index (χ2n) is 7.36. The Morgan fingerprint density at radius 3 is 2.52 bits per heavy atom. The summed E-state index contributed by atoms with van der Waals surface area (Å²) >= 11 is 0. The molecule has 2 aliphatic heterocycles. The molecule has 1 saturated heterocycles. The van der Waals surface area contributed by atoms with Gasteiger partial charge in [0, 0.05) is 39.1 Å². The Bertz CT molecular complexity index is 785. The number of piperazine rings is 1. The van der Waals surface area contributed by atoms with Crippen molar-refractivity contribution in [3.63, 3.8) is 0 Å². The Morgan fingerprint density at radius 2 is 1.74 bits per heavy atom. The second-order valence-corrected chi connectivity index (χ2v) is 7.36. The Labute approximate surface area is 160 Å². The average molecular weight is 366 g/mol. The highest BCUT2D eigenvalue weighted by Crippen LogP contribution is 2.32. The summed E-state index contributed by atoms with van der Waals surface area (Å²) in [7, 11) is 0. The highest BCUT2D eigenvalue weighted by molar-refractivity contribution is 5.77. The van der Waals surface area contributed by atoms with Crippen LogP contribution in [0.2, 0.25) is 0 Å². The van der Waals surface area contributed by atoms with Crippen molar-refractivity contribution in [1.29, 1.82) is 0 Å². The summed E-state index contributed by atoms with van der Waals surface area (Å²) < 4.78 is 10.8. The van der Waals surface area contributed by atoms with Crippen molar-refractivity contribution < 1.29 is 14.3 Å². The van der Waals surface area contributed by atoms with Crippen LogP contribution in [0.4, 0.5) is 0 Å². The lowest BCUT2D eigenvalue weighted by Gasteiger charge is -2.35. The van der Waals surface area contributed by atoms with Crippen LogP contribution in [0, 0.1) is 0 Å². The summed E-state index contributed by atoms with van der Waals surface area (Å²) in [5.74, 6) is 2.16. The SMILES string of the molecule is C[C@@H](CC(=O)N1CCN(Cc2ccc3c(c2)OCO3)CC1)c1ccccc1. The molecule has 0 bridgehead atoms. The minimum absolute atomic E-state index is 0.255. The lowest BCUT2D eigenvalue weighted by atomic mass is 9.97. The molecule has 2 aromatic carbocycles. The summed E-state index contributed by atoms with van der Waals surface area (Å²) in [6.07, 6.45) is 0.576. The van der Waals surface area contributed by atoms with E-state index in [4.69, 9.17) is 9.47 Å². The number of benzene rings is 2. The number of ether oxygens (including phenoxy) is 2. The van der Waals surface area contributed by atoms with Gasteiger partial charge in [-0.15, -0.1) is 0 Å². The molecule has 0 unspecified atom stereocenters. The molecule has 2 aromatic rings. The number of rotatable bonds is 5. The van der Waals surface area contributed by atoms with E-state index in [0.717, 1.165) is 44.2 Å². The van der Waals surface area contributed by atoms with Gasteiger partial charge in [0.25, 0.3) is 0 Å². The van der Waals surface area contributed by atoms with Crippen LogP contribution in [-0.2, 0) is 11.3 Å². The van der Waals surface area contributed by atoms with Crippen molar-refractivity contribution >= 4 is 5.91 Å². The summed E-state index contributed by atoms with van der Waals surface area (Å²) in [6, 6.07) is 16.4. The first-order valence-electron chi connectivity index (χ1n) is 9.62. The minimum atomic E-state index is 0.255. The van der Waals surface area contributed by atoms with Crippen LogP contribution in [0.3, 0.4) is 0 Å². The molecule has 0 aromatic heterocycles. The maximum absolute atomic E-state index is 12.7. The van der Waals surface area contributed by atoms with Gasteiger partial charge in [-0.2, -0.15) is 0 Å². The molecule has 142 valence electrons. The Balaban J connectivity index is 1.26. The fourth-order valence-corrected chi connectivity index (χ4v) is 3.74. The van der Waals surface area contributed by atoms with Crippen molar-refractivity contribution in [2.75, 3.05) is 33.0 Å². The van der Waals surface area contributed by atoms with Crippen molar-refractivity contribution in [3.05, 3.63) is 59.7 Å². The molecular formula is C22H26N2O3. The number of carbonyl (C=O) groups is 1. The van der Waals surface area contributed by atoms with Crippen LogP contribution in [0.1, 0.15) is 30.4 Å². The Hall–Kier alpha value is -2.53. The molecular weight excluding hydrogens is 340 g/mol. The molecule has 1 atom stereocenters. The van der Waals surface area contributed by atoms with E-state index < -0.39 is 0 Å². The molecule has 2 aliphatic rings.